The van der Waals surface area contributed by atoms with Gasteiger partial charge in [-0.3, -0.25) is 4.79 Å². The van der Waals surface area contributed by atoms with Gasteiger partial charge in [0, 0.05) is 17.4 Å². The number of nitrogens with one attached hydrogen (secondary N) is 1. The van der Waals surface area contributed by atoms with Crippen molar-refractivity contribution in [3.05, 3.63) is 58.6 Å². The summed E-state index contributed by atoms with van der Waals surface area (Å²) in [6.07, 6.45) is 1.28. The zero-order chi connectivity index (χ0) is 22.3. The number of aliphatic imine (C=N–C) groups is 1. The average Bonchev–Trinajstić information content (AvgIpc) is 2.68. The zero-order valence-corrected chi connectivity index (χ0v) is 17.5. The highest BCUT2D eigenvalue weighted by molar-refractivity contribution is 8.15. The second-order valence-electron chi connectivity index (χ2n) is 7.10. The van der Waals surface area contributed by atoms with Crippen LogP contribution in [0.15, 0.2) is 41.5 Å². The third-order valence-corrected chi connectivity index (χ3v) is 6.31. The van der Waals surface area contributed by atoms with E-state index >= 15 is 8.78 Å². The number of pyridine rings is 1. The number of anilines is 1. The molecule has 160 valence electrons. The third kappa shape index (κ3) is 3.63. The van der Waals surface area contributed by atoms with Gasteiger partial charge in [0.2, 0.25) is 0 Å². The first kappa shape index (κ1) is 22.4. The average molecular weight is 459 g/mol. The van der Waals surface area contributed by atoms with Crippen molar-refractivity contribution >= 4 is 40.1 Å². The Hall–Kier alpha value is -2.30. The smallest absolute Gasteiger partial charge is 0.293 e. The summed E-state index contributed by atoms with van der Waals surface area (Å²) in [5.41, 5.74) is 2.94. The van der Waals surface area contributed by atoms with Gasteiger partial charge < -0.3 is 16.2 Å². The summed E-state index contributed by atoms with van der Waals surface area (Å²) < 4.78 is 43.5. The first-order valence-electron chi connectivity index (χ1n) is 8.69. The maximum absolute atomic E-state index is 15.4. The number of benzene rings is 1. The molecule has 0 aliphatic carbocycles. The van der Waals surface area contributed by atoms with E-state index in [1.54, 1.807) is 0 Å². The number of amides is 1. The van der Waals surface area contributed by atoms with Crippen LogP contribution in [0.3, 0.4) is 0 Å². The molecule has 0 fully saturated rings. The summed E-state index contributed by atoms with van der Waals surface area (Å²) in [7, 11) is 0. The van der Waals surface area contributed by atoms with Crippen molar-refractivity contribution < 1.29 is 23.1 Å². The Morgan fingerprint density at radius 3 is 2.60 bits per heavy atom. The van der Waals surface area contributed by atoms with E-state index < -0.39 is 40.1 Å². The fraction of sp³-hybridized carbons (Fsp3) is 0.316. The lowest BCUT2D eigenvalue weighted by molar-refractivity contribution is -0.111. The topological polar surface area (TPSA) is 101 Å². The molecule has 0 saturated heterocycles. The van der Waals surface area contributed by atoms with Crippen LogP contribution in [0.5, 0.6) is 0 Å². The van der Waals surface area contributed by atoms with E-state index in [0.717, 1.165) is 26.0 Å². The van der Waals surface area contributed by atoms with E-state index in [9.17, 15) is 14.3 Å². The van der Waals surface area contributed by atoms with Crippen LogP contribution < -0.4 is 11.1 Å². The number of carbonyl (C=O) groups is 1. The minimum atomic E-state index is -3.68. The highest BCUT2D eigenvalue weighted by Gasteiger charge is 2.66. The van der Waals surface area contributed by atoms with Gasteiger partial charge in [0.05, 0.1) is 11.6 Å². The van der Waals surface area contributed by atoms with Gasteiger partial charge >= 0.3 is 0 Å². The Labute approximate surface area is 179 Å². The van der Waals surface area contributed by atoms with Crippen molar-refractivity contribution in [2.75, 3.05) is 11.9 Å². The largest absolute Gasteiger partial charge is 0.395 e. The van der Waals surface area contributed by atoms with Gasteiger partial charge in [-0.1, -0.05) is 23.4 Å². The van der Waals surface area contributed by atoms with Crippen molar-refractivity contribution in [2.45, 2.75) is 30.1 Å². The molecule has 0 unspecified atom stereocenters. The maximum atomic E-state index is 15.4. The van der Waals surface area contributed by atoms with Gasteiger partial charge in [0.1, 0.15) is 16.3 Å². The summed E-state index contributed by atoms with van der Waals surface area (Å²) in [6, 6.07) is 6.10. The molecule has 0 radical (unpaired) electrons. The van der Waals surface area contributed by atoms with Gasteiger partial charge in [-0.2, -0.15) is 0 Å². The first-order valence-corrected chi connectivity index (χ1v) is 9.89. The minimum Gasteiger partial charge on any atom is -0.395 e. The summed E-state index contributed by atoms with van der Waals surface area (Å²) in [6.45, 7) is 1.27. The Balaban J connectivity index is 2.03. The Morgan fingerprint density at radius 1 is 1.30 bits per heavy atom. The van der Waals surface area contributed by atoms with Gasteiger partial charge in [0.15, 0.2) is 10.7 Å². The monoisotopic (exact) mass is 458 g/mol. The van der Waals surface area contributed by atoms with Crippen molar-refractivity contribution in [1.82, 2.24) is 4.98 Å². The van der Waals surface area contributed by atoms with Gasteiger partial charge in [-0.05, 0) is 44.2 Å². The molecular formula is C19H18ClF3N4O2S. The van der Waals surface area contributed by atoms with Crippen LogP contribution in [0.25, 0.3) is 0 Å². The Bertz CT molecular complexity index is 1020. The number of aliphatic hydroxyl groups excluding tert-OH is 1. The van der Waals surface area contributed by atoms with Gasteiger partial charge in [-0.15, -0.1) is 0 Å². The van der Waals surface area contributed by atoms with Gasteiger partial charge in [-0.25, -0.2) is 23.1 Å². The zero-order valence-electron chi connectivity index (χ0n) is 15.9. The molecule has 2 heterocycles. The molecule has 1 aliphatic rings. The van der Waals surface area contributed by atoms with E-state index in [-0.39, 0.29) is 16.5 Å². The van der Waals surface area contributed by atoms with Crippen LogP contribution in [0, 0.1) is 5.82 Å². The van der Waals surface area contributed by atoms with Crippen molar-refractivity contribution in [3.63, 3.8) is 0 Å². The van der Waals surface area contributed by atoms with Crippen LogP contribution in [0.4, 0.5) is 18.9 Å². The normalized spacial score (nSPS) is 25.5. The number of carbonyl (C=O) groups excluding carboxylic acids is 1. The summed E-state index contributed by atoms with van der Waals surface area (Å²) >= 11 is 6.27. The number of nitrogens with two attached hydrogens (primary N) is 1. The molecule has 1 aromatic carbocycles. The predicted octanol–water partition coefficient (Wildman–Crippen LogP) is 3.79. The summed E-state index contributed by atoms with van der Waals surface area (Å²) in [5, 5.41) is 12.2. The lowest BCUT2D eigenvalue weighted by Gasteiger charge is -2.47. The highest BCUT2D eigenvalue weighted by Crippen LogP contribution is 2.56. The van der Waals surface area contributed by atoms with Crippen LogP contribution >= 0.6 is 23.4 Å². The molecule has 0 saturated carbocycles. The lowest BCUT2D eigenvalue weighted by atomic mass is 9.79. The molecular weight excluding hydrogens is 441 g/mol. The Kier molecular flexibility index (Phi) is 5.78. The van der Waals surface area contributed by atoms with E-state index in [4.69, 9.17) is 17.3 Å². The molecule has 4 N–H and O–H groups in total. The number of thioether (sulfide) groups is 1. The van der Waals surface area contributed by atoms with Crippen LogP contribution in [-0.2, 0) is 5.54 Å². The van der Waals surface area contributed by atoms with E-state index in [0.29, 0.717) is 16.8 Å². The maximum Gasteiger partial charge on any atom is 0.293 e. The van der Waals surface area contributed by atoms with Crippen LogP contribution in [-0.4, -0.2) is 38.4 Å². The minimum absolute atomic E-state index is 0.0333. The highest BCUT2D eigenvalue weighted by atomic mass is 35.5. The van der Waals surface area contributed by atoms with Crippen molar-refractivity contribution in [3.8, 4) is 0 Å². The van der Waals surface area contributed by atoms with Crippen LogP contribution in [0.2, 0.25) is 5.02 Å². The third-order valence-electron chi connectivity index (χ3n) is 4.95. The summed E-state index contributed by atoms with van der Waals surface area (Å²) in [5.74, 6) is -5.27. The molecule has 6 nitrogen and oxygen atoms in total. The fourth-order valence-electron chi connectivity index (χ4n) is 3.17. The van der Waals surface area contributed by atoms with Gasteiger partial charge in [0.25, 0.3) is 11.8 Å². The molecule has 2 aromatic rings. The number of alkyl halides is 2. The predicted molar refractivity (Wildman–Crippen MR) is 111 cm³/mol. The van der Waals surface area contributed by atoms with E-state index in [1.807, 2.05) is 0 Å². The number of hydrogen-bond acceptors (Lipinski definition) is 6. The molecule has 11 heteroatoms. The number of aliphatic hydroxyl groups is 1. The SMILES string of the molecule is C[C@@]1(CO)SC(N)=N[C@](C)(c2cc(NC(=O)c3ccc(Cl)cn3)ccc2F)C1(F)F. The molecule has 2 atom stereocenters. The molecule has 1 amide bonds. The molecule has 0 spiro atoms. The molecule has 0 bridgehead atoms. The van der Waals surface area contributed by atoms with Crippen molar-refractivity contribution in [1.29, 1.82) is 0 Å². The molecule has 3 rings (SSSR count). The molecule has 1 aromatic heterocycles. The molecule has 1 aliphatic heterocycles. The number of rotatable bonds is 4. The number of amidine groups is 1. The van der Waals surface area contributed by atoms with E-state index in [2.05, 4.69) is 15.3 Å². The Morgan fingerprint density at radius 2 is 2.00 bits per heavy atom. The first-order chi connectivity index (χ1) is 13.9. The number of hydrogen-bond donors (Lipinski definition) is 3. The lowest BCUT2D eigenvalue weighted by Crippen LogP contribution is -2.61. The van der Waals surface area contributed by atoms with E-state index in [1.165, 1.54) is 24.4 Å². The number of nitrogens with zero attached hydrogens (tertiary/aromatic N) is 2. The standard InChI is InChI=1S/C19H18ClF3N4O2S/c1-17(9-28)19(22,23)18(2,27-16(24)30-17)12-7-11(4-5-13(12)21)26-15(29)14-6-3-10(20)8-25-14/h3-8,28H,9H2,1-2H3,(H2,24,27)(H,26,29)/t17-,18+/m0/s1. The second kappa shape index (κ2) is 7.75. The molecule has 30 heavy (non-hydrogen) atoms. The number of aromatic nitrogens is 1. The second-order valence-corrected chi connectivity index (χ2v) is 9.06. The fourth-order valence-corrected chi connectivity index (χ4v) is 4.36. The number of halogens is 4. The quantitative estimate of drug-likeness (QED) is 0.647. The van der Waals surface area contributed by atoms with Crippen LogP contribution in [0.1, 0.15) is 29.9 Å². The van der Waals surface area contributed by atoms with Crippen molar-refractivity contribution in [2.24, 2.45) is 10.7 Å². The summed E-state index contributed by atoms with van der Waals surface area (Å²) in [4.78, 5) is 20.1.